The molecule has 6 heteroatoms. The van der Waals surface area contributed by atoms with Crippen molar-refractivity contribution in [2.75, 3.05) is 53.6 Å². The summed E-state index contributed by atoms with van der Waals surface area (Å²) in [6, 6.07) is 5.55. The van der Waals surface area contributed by atoms with E-state index in [4.69, 9.17) is 14.2 Å². The molecule has 0 N–H and O–H groups in total. The van der Waals surface area contributed by atoms with Crippen LogP contribution in [-0.4, -0.2) is 74.9 Å². The highest BCUT2D eigenvalue weighted by Gasteiger charge is 2.51. The molecule has 1 aromatic carbocycles. The zero-order valence-electron chi connectivity index (χ0n) is 15.0. The Morgan fingerprint density at radius 1 is 1.32 bits per heavy atom. The topological polar surface area (TPSA) is 51.2 Å². The summed E-state index contributed by atoms with van der Waals surface area (Å²) in [5.74, 6) is 1.88. The van der Waals surface area contributed by atoms with E-state index in [9.17, 15) is 4.79 Å². The monoisotopic (exact) mass is 346 g/mol. The van der Waals surface area contributed by atoms with Crippen LogP contribution in [0, 0.1) is 5.92 Å². The number of carbonyl (C=O) groups excluding carboxylic acids is 1. The van der Waals surface area contributed by atoms with Gasteiger partial charge in [-0.25, -0.2) is 0 Å². The zero-order chi connectivity index (χ0) is 17.4. The number of fused-ring (bicyclic) bond motifs is 1. The van der Waals surface area contributed by atoms with Crippen LogP contribution in [0.2, 0.25) is 0 Å². The second kappa shape index (κ2) is 6.50. The zero-order valence-corrected chi connectivity index (χ0v) is 15.0. The van der Waals surface area contributed by atoms with E-state index in [1.807, 2.05) is 23.1 Å². The molecule has 0 bridgehead atoms. The molecule has 6 nitrogen and oxygen atoms in total. The molecule has 0 radical (unpaired) electrons. The van der Waals surface area contributed by atoms with E-state index in [0.29, 0.717) is 36.2 Å². The van der Waals surface area contributed by atoms with E-state index in [2.05, 4.69) is 11.9 Å². The molecule has 0 aliphatic carbocycles. The number of nitrogens with zero attached hydrogens (tertiary/aromatic N) is 2. The quantitative estimate of drug-likeness (QED) is 0.833. The van der Waals surface area contributed by atoms with Crippen molar-refractivity contribution in [3.8, 4) is 11.5 Å². The Hall–Kier alpha value is -1.79. The first-order valence-electron chi connectivity index (χ1n) is 9.01. The number of hydrogen-bond acceptors (Lipinski definition) is 5. The summed E-state index contributed by atoms with van der Waals surface area (Å²) >= 11 is 0. The van der Waals surface area contributed by atoms with Crippen LogP contribution in [0.5, 0.6) is 11.5 Å². The number of ether oxygens (including phenoxy) is 3. The molecule has 0 aromatic heterocycles. The largest absolute Gasteiger partial charge is 0.486 e. The molecule has 0 saturated carbocycles. The van der Waals surface area contributed by atoms with Crippen LogP contribution in [0.25, 0.3) is 0 Å². The van der Waals surface area contributed by atoms with E-state index in [1.54, 1.807) is 7.11 Å². The molecule has 2 saturated heterocycles. The van der Waals surface area contributed by atoms with E-state index in [0.717, 1.165) is 39.1 Å². The molecule has 1 spiro atoms. The van der Waals surface area contributed by atoms with Crippen LogP contribution >= 0.6 is 0 Å². The Morgan fingerprint density at radius 3 is 2.92 bits per heavy atom. The molecule has 0 unspecified atom stereocenters. The standard InChI is InChI=1S/C19H26N2O4/c1-20-7-6-14(11-23-2)10-19(20)12-21(13-19)18(22)15-4-3-5-16-17(15)25-9-8-24-16/h3-5,14H,6-13H2,1-2H3/t14-/m1/s1. The Kier molecular flexibility index (Phi) is 4.33. The lowest BCUT2D eigenvalue weighted by Gasteiger charge is -2.58. The van der Waals surface area contributed by atoms with Gasteiger partial charge in [0.25, 0.3) is 5.91 Å². The lowest BCUT2D eigenvalue weighted by atomic mass is 9.75. The number of likely N-dealkylation sites (N-methyl/N-ethyl adjacent to an activating group) is 1. The molecule has 1 amide bonds. The molecule has 136 valence electrons. The number of carbonyl (C=O) groups is 1. The van der Waals surface area contributed by atoms with Gasteiger partial charge in [-0.1, -0.05) is 6.07 Å². The van der Waals surface area contributed by atoms with Crippen LogP contribution in [0.1, 0.15) is 23.2 Å². The number of likely N-dealkylation sites (tertiary alicyclic amines) is 2. The number of hydrogen-bond donors (Lipinski definition) is 0. The Morgan fingerprint density at radius 2 is 2.12 bits per heavy atom. The van der Waals surface area contributed by atoms with E-state index in [-0.39, 0.29) is 11.4 Å². The SMILES string of the molecule is COC[C@@H]1CCN(C)C2(C1)CN(C(=O)c1cccc3c1OCCO3)C2. The van der Waals surface area contributed by atoms with Gasteiger partial charge in [-0.15, -0.1) is 0 Å². The third-order valence-corrected chi connectivity index (χ3v) is 5.81. The van der Waals surface area contributed by atoms with Crippen molar-refractivity contribution < 1.29 is 19.0 Å². The van der Waals surface area contributed by atoms with E-state index in [1.165, 1.54) is 0 Å². The van der Waals surface area contributed by atoms with Crippen LogP contribution in [0.4, 0.5) is 0 Å². The fourth-order valence-electron chi connectivity index (χ4n) is 4.38. The molecule has 3 heterocycles. The molecule has 3 aliphatic rings. The minimum Gasteiger partial charge on any atom is -0.486 e. The maximum absolute atomic E-state index is 13.0. The molecule has 25 heavy (non-hydrogen) atoms. The van der Waals surface area contributed by atoms with Gasteiger partial charge >= 0.3 is 0 Å². The Bertz CT molecular complexity index is 657. The van der Waals surface area contributed by atoms with Gasteiger partial charge in [-0.05, 0) is 44.5 Å². The van der Waals surface area contributed by atoms with Crippen molar-refractivity contribution in [2.45, 2.75) is 18.4 Å². The summed E-state index contributed by atoms with van der Waals surface area (Å²) in [5.41, 5.74) is 0.711. The van der Waals surface area contributed by atoms with Crippen molar-refractivity contribution in [3.05, 3.63) is 23.8 Å². The molecule has 1 aromatic rings. The lowest BCUT2D eigenvalue weighted by Crippen LogP contribution is -2.72. The maximum atomic E-state index is 13.0. The highest BCUT2D eigenvalue weighted by molar-refractivity contribution is 5.98. The summed E-state index contributed by atoms with van der Waals surface area (Å²) in [6.07, 6.45) is 2.25. The Labute approximate surface area is 148 Å². The number of amides is 1. The van der Waals surface area contributed by atoms with Gasteiger partial charge in [0.15, 0.2) is 11.5 Å². The minimum absolute atomic E-state index is 0.0373. The number of methoxy groups -OCH3 is 1. The smallest absolute Gasteiger partial charge is 0.257 e. The maximum Gasteiger partial charge on any atom is 0.257 e. The predicted molar refractivity (Wildman–Crippen MR) is 93.3 cm³/mol. The van der Waals surface area contributed by atoms with Crippen molar-refractivity contribution in [1.82, 2.24) is 9.80 Å². The number of rotatable bonds is 3. The molecule has 1 atom stereocenters. The van der Waals surface area contributed by atoms with Gasteiger partial charge in [-0.2, -0.15) is 0 Å². The van der Waals surface area contributed by atoms with Gasteiger partial charge in [-0.3, -0.25) is 9.69 Å². The summed E-state index contributed by atoms with van der Waals surface area (Å²) in [5, 5.41) is 0. The highest BCUT2D eigenvalue weighted by Crippen LogP contribution is 2.41. The van der Waals surface area contributed by atoms with Gasteiger partial charge in [0.2, 0.25) is 0 Å². The van der Waals surface area contributed by atoms with Gasteiger partial charge in [0.05, 0.1) is 11.1 Å². The summed E-state index contributed by atoms with van der Waals surface area (Å²) in [7, 11) is 3.94. The molecule has 4 rings (SSSR count). The van der Waals surface area contributed by atoms with Crippen molar-refractivity contribution in [1.29, 1.82) is 0 Å². The third-order valence-electron chi connectivity index (χ3n) is 5.81. The van der Waals surface area contributed by atoms with Gasteiger partial charge in [0.1, 0.15) is 13.2 Å². The first kappa shape index (κ1) is 16.7. The first-order chi connectivity index (χ1) is 12.1. The van der Waals surface area contributed by atoms with Crippen LogP contribution in [-0.2, 0) is 4.74 Å². The molecule has 3 aliphatic heterocycles. The third kappa shape index (κ3) is 2.87. The normalized spacial score (nSPS) is 24.9. The fraction of sp³-hybridized carbons (Fsp3) is 0.632. The summed E-state index contributed by atoms with van der Waals surface area (Å²) in [6.45, 7) is 4.43. The molecular formula is C19H26N2O4. The van der Waals surface area contributed by atoms with Crippen molar-refractivity contribution in [3.63, 3.8) is 0 Å². The highest BCUT2D eigenvalue weighted by atomic mass is 16.6. The second-order valence-corrected chi connectivity index (χ2v) is 7.45. The van der Waals surface area contributed by atoms with Gasteiger partial charge < -0.3 is 19.1 Å². The van der Waals surface area contributed by atoms with E-state index < -0.39 is 0 Å². The number of benzene rings is 1. The van der Waals surface area contributed by atoms with Crippen LogP contribution in [0.3, 0.4) is 0 Å². The second-order valence-electron chi connectivity index (χ2n) is 7.45. The summed E-state index contributed by atoms with van der Waals surface area (Å²) in [4.78, 5) is 17.3. The predicted octanol–water partition coefficient (Wildman–Crippen LogP) is 1.64. The van der Waals surface area contributed by atoms with Crippen molar-refractivity contribution in [2.24, 2.45) is 5.92 Å². The fourth-order valence-corrected chi connectivity index (χ4v) is 4.38. The average molecular weight is 346 g/mol. The van der Waals surface area contributed by atoms with Crippen molar-refractivity contribution >= 4 is 5.91 Å². The molecule has 2 fully saturated rings. The molecular weight excluding hydrogens is 320 g/mol. The lowest BCUT2D eigenvalue weighted by molar-refractivity contribution is -0.0732. The average Bonchev–Trinajstić information content (AvgIpc) is 2.60. The number of piperidine rings is 1. The number of para-hydroxylation sites is 1. The summed E-state index contributed by atoms with van der Waals surface area (Å²) < 4.78 is 16.7. The van der Waals surface area contributed by atoms with Gasteiger partial charge in [0, 0.05) is 26.8 Å². The van der Waals surface area contributed by atoms with E-state index >= 15 is 0 Å². The van der Waals surface area contributed by atoms with Crippen LogP contribution in [0.15, 0.2) is 18.2 Å². The first-order valence-corrected chi connectivity index (χ1v) is 9.01. The van der Waals surface area contributed by atoms with Crippen LogP contribution < -0.4 is 9.47 Å². The minimum atomic E-state index is 0.0373. The Balaban J connectivity index is 1.47.